The fraction of sp³-hybridized carbons (Fsp3) is 0.471. The standard InChI is InChI=1S/C17H19BrN4O5S/c1-2-27-17(24)14-10-5-3-4-6-12(10)28-16(14)19-13(23)7-8-21-9-11(18)15(20-21)22(25)26/h9H,2-8H2,1H3,(H,19,23). The van der Waals surface area contributed by atoms with E-state index in [9.17, 15) is 19.7 Å². The number of rotatable bonds is 7. The van der Waals surface area contributed by atoms with Crippen LogP contribution in [0.5, 0.6) is 0 Å². The molecular formula is C17H19BrN4O5S. The van der Waals surface area contributed by atoms with Crippen molar-refractivity contribution in [1.29, 1.82) is 0 Å². The maximum Gasteiger partial charge on any atom is 0.404 e. The predicted molar refractivity (Wildman–Crippen MR) is 107 cm³/mol. The van der Waals surface area contributed by atoms with E-state index >= 15 is 0 Å². The molecule has 0 fully saturated rings. The monoisotopic (exact) mass is 470 g/mol. The molecule has 0 saturated heterocycles. The van der Waals surface area contributed by atoms with E-state index in [2.05, 4.69) is 26.3 Å². The van der Waals surface area contributed by atoms with Gasteiger partial charge in [0.25, 0.3) is 0 Å². The first-order valence-electron chi connectivity index (χ1n) is 8.89. The number of thiophene rings is 1. The maximum absolute atomic E-state index is 12.4. The number of anilines is 1. The van der Waals surface area contributed by atoms with Crippen LogP contribution in [0.1, 0.15) is 47.0 Å². The number of carbonyl (C=O) groups is 2. The van der Waals surface area contributed by atoms with Crippen LogP contribution in [0.2, 0.25) is 0 Å². The maximum atomic E-state index is 12.4. The van der Waals surface area contributed by atoms with Gasteiger partial charge < -0.3 is 20.2 Å². The molecule has 11 heteroatoms. The van der Waals surface area contributed by atoms with Gasteiger partial charge in [-0.1, -0.05) is 0 Å². The third-order valence-corrected chi connectivity index (χ3v) is 6.11. The summed E-state index contributed by atoms with van der Waals surface area (Å²) in [5, 5.41) is 18.0. The van der Waals surface area contributed by atoms with Crippen molar-refractivity contribution in [1.82, 2.24) is 9.78 Å². The van der Waals surface area contributed by atoms with Crippen LogP contribution in [0.15, 0.2) is 10.7 Å². The minimum atomic E-state index is -0.595. The van der Waals surface area contributed by atoms with Gasteiger partial charge in [0.05, 0.1) is 30.0 Å². The van der Waals surface area contributed by atoms with Crippen LogP contribution >= 0.6 is 27.3 Å². The molecule has 1 aliphatic rings. The summed E-state index contributed by atoms with van der Waals surface area (Å²) in [6.45, 7) is 2.19. The van der Waals surface area contributed by atoms with E-state index in [1.807, 2.05) is 0 Å². The number of hydrogen-bond donors (Lipinski definition) is 1. The normalized spacial score (nSPS) is 13.1. The molecule has 0 atom stereocenters. The lowest BCUT2D eigenvalue weighted by Gasteiger charge is -2.12. The van der Waals surface area contributed by atoms with Crippen LogP contribution in [0, 0.1) is 10.1 Å². The number of aryl methyl sites for hydroxylation is 2. The Morgan fingerprint density at radius 2 is 2.18 bits per heavy atom. The summed E-state index contributed by atoms with van der Waals surface area (Å²) >= 11 is 4.50. The van der Waals surface area contributed by atoms with Crippen molar-refractivity contribution in [2.75, 3.05) is 11.9 Å². The van der Waals surface area contributed by atoms with Crippen molar-refractivity contribution in [3.63, 3.8) is 0 Å². The van der Waals surface area contributed by atoms with E-state index in [0.717, 1.165) is 36.1 Å². The number of amides is 1. The van der Waals surface area contributed by atoms with E-state index in [-0.39, 0.29) is 35.8 Å². The smallest absolute Gasteiger partial charge is 0.404 e. The second-order valence-corrected chi connectivity index (χ2v) is 8.21. The zero-order valence-electron chi connectivity index (χ0n) is 15.2. The number of nitrogens with one attached hydrogen (secondary N) is 1. The molecule has 1 amide bonds. The van der Waals surface area contributed by atoms with Crippen molar-refractivity contribution in [2.45, 2.75) is 45.6 Å². The molecule has 0 aromatic carbocycles. The highest BCUT2D eigenvalue weighted by atomic mass is 79.9. The number of nitro groups is 1. The lowest BCUT2D eigenvalue weighted by molar-refractivity contribution is -0.390. The Bertz CT molecular complexity index is 923. The number of ether oxygens (including phenoxy) is 1. The molecule has 2 heterocycles. The Kier molecular flexibility index (Phi) is 6.45. The van der Waals surface area contributed by atoms with Crippen LogP contribution in [0.3, 0.4) is 0 Å². The third kappa shape index (κ3) is 4.41. The summed E-state index contributed by atoms with van der Waals surface area (Å²) in [5.41, 5.74) is 1.45. The molecule has 1 N–H and O–H groups in total. The number of halogens is 1. The first-order chi connectivity index (χ1) is 13.4. The fourth-order valence-corrected chi connectivity index (χ4v) is 4.86. The summed E-state index contributed by atoms with van der Waals surface area (Å²) in [4.78, 5) is 36.2. The average molecular weight is 471 g/mol. The van der Waals surface area contributed by atoms with Gasteiger partial charge in [-0.2, -0.15) is 4.68 Å². The van der Waals surface area contributed by atoms with Gasteiger partial charge in [-0.05, 0) is 59.0 Å². The molecule has 0 unspecified atom stereocenters. The highest BCUT2D eigenvalue weighted by molar-refractivity contribution is 9.10. The van der Waals surface area contributed by atoms with Gasteiger partial charge >= 0.3 is 11.8 Å². The minimum absolute atomic E-state index is 0.0656. The second kappa shape index (κ2) is 8.82. The summed E-state index contributed by atoms with van der Waals surface area (Å²) in [6.07, 6.45) is 5.30. The molecule has 28 heavy (non-hydrogen) atoms. The van der Waals surface area contributed by atoms with Crippen LogP contribution in [-0.4, -0.2) is 33.2 Å². The summed E-state index contributed by atoms with van der Waals surface area (Å²) < 4.78 is 6.77. The number of aromatic nitrogens is 2. The van der Waals surface area contributed by atoms with Gasteiger partial charge in [0.1, 0.15) is 9.47 Å². The molecule has 0 spiro atoms. The molecule has 2 aromatic rings. The summed E-state index contributed by atoms with van der Waals surface area (Å²) in [7, 11) is 0. The van der Waals surface area contributed by atoms with Crippen molar-refractivity contribution in [2.24, 2.45) is 0 Å². The number of nitrogens with zero attached hydrogens (tertiary/aromatic N) is 3. The topological polar surface area (TPSA) is 116 Å². The molecule has 0 aliphatic heterocycles. The molecule has 9 nitrogen and oxygen atoms in total. The molecule has 0 radical (unpaired) electrons. The van der Waals surface area contributed by atoms with Gasteiger partial charge in [0.15, 0.2) is 0 Å². The Balaban J connectivity index is 1.71. The van der Waals surface area contributed by atoms with Gasteiger partial charge in [-0.3, -0.25) is 4.79 Å². The second-order valence-electron chi connectivity index (χ2n) is 6.25. The Hall–Kier alpha value is -2.27. The van der Waals surface area contributed by atoms with Gasteiger partial charge in [0, 0.05) is 11.3 Å². The minimum Gasteiger partial charge on any atom is -0.462 e. The zero-order valence-corrected chi connectivity index (χ0v) is 17.6. The molecule has 1 aliphatic carbocycles. The number of esters is 1. The lowest BCUT2D eigenvalue weighted by Crippen LogP contribution is -2.17. The van der Waals surface area contributed by atoms with E-state index < -0.39 is 10.9 Å². The van der Waals surface area contributed by atoms with Crippen molar-refractivity contribution in [3.05, 3.63) is 36.8 Å². The largest absolute Gasteiger partial charge is 0.462 e. The first-order valence-corrected chi connectivity index (χ1v) is 10.5. The first kappa shape index (κ1) is 20.5. The highest BCUT2D eigenvalue weighted by Crippen LogP contribution is 2.38. The van der Waals surface area contributed by atoms with Crippen molar-refractivity contribution >= 4 is 50.0 Å². The van der Waals surface area contributed by atoms with E-state index in [4.69, 9.17) is 4.74 Å². The highest BCUT2D eigenvalue weighted by Gasteiger charge is 2.27. The zero-order chi connectivity index (χ0) is 20.3. The van der Waals surface area contributed by atoms with Crippen LogP contribution < -0.4 is 5.32 Å². The quantitative estimate of drug-likeness (QED) is 0.374. The van der Waals surface area contributed by atoms with Gasteiger partial charge in [-0.15, -0.1) is 11.3 Å². The molecule has 2 aromatic heterocycles. The molecule has 0 bridgehead atoms. The Morgan fingerprint density at radius 3 is 2.86 bits per heavy atom. The van der Waals surface area contributed by atoms with Crippen LogP contribution in [0.4, 0.5) is 10.8 Å². The molecule has 3 rings (SSSR count). The Labute approximate surface area is 173 Å². The molecule has 0 saturated carbocycles. The third-order valence-electron chi connectivity index (χ3n) is 4.34. The SMILES string of the molecule is CCOC(=O)c1c(NC(=O)CCn2cc(Br)c([N+](=O)[O-])n2)sc2c1CCCC2. The summed E-state index contributed by atoms with van der Waals surface area (Å²) in [5.74, 6) is -1.00. The van der Waals surface area contributed by atoms with Crippen molar-refractivity contribution in [3.8, 4) is 0 Å². The van der Waals surface area contributed by atoms with Gasteiger partial charge in [-0.25, -0.2) is 4.79 Å². The lowest BCUT2D eigenvalue weighted by atomic mass is 9.95. The molecular weight excluding hydrogens is 452 g/mol. The average Bonchev–Trinajstić information content (AvgIpc) is 3.20. The summed E-state index contributed by atoms with van der Waals surface area (Å²) in [6, 6.07) is 0. The number of fused-ring (bicyclic) bond motifs is 1. The van der Waals surface area contributed by atoms with E-state index in [1.165, 1.54) is 22.2 Å². The van der Waals surface area contributed by atoms with Crippen LogP contribution in [0.25, 0.3) is 0 Å². The fourth-order valence-electron chi connectivity index (χ4n) is 3.10. The molecule has 150 valence electrons. The predicted octanol–water partition coefficient (Wildman–Crippen LogP) is 3.70. The van der Waals surface area contributed by atoms with E-state index in [1.54, 1.807) is 6.92 Å². The number of hydrogen-bond acceptors (Lipinski definition) is 7. The van der Waals surface area contributed by atoms with Crippen LogP contribution in [-0.2, 0) is 28.9 Å². The van der Waals surface area contributed by atoms with Gasteiger partial charge in [0.2, 0.25) is 5.91 Å². The Morgan fingerprint density at radius 1 is 1.43 bits per heavy atom. The van der Waals surface area contributed by atoms with E-state index in [0.29, 0.717) is 10.6 Å². The number of carbonyl (C=O) groups excluding carboxylic acids is 2. The van der Waals surface area contributed by atoms with Crippen molar-refractivity contribution < 1.29 is 19.2 Å².